The van der Waals surface area contributed by atoms with Gasteiger partial charge in [0.25, 0.3) is 5.91 Å². The lowest BCUT2D eigenvalue weighted by atomic mass is 9.78. The smallest absolute Gasteiger partial charge is 0.262 e. The number of amides is 1. The summed E-state index contributed by atoms with van der Waals surface area (Å²) in [5, 5.41) is 11.1. The number of carbonyl (C=O) groups excluding carboxylic acids is 1. The molecule has 3 nitrogen and oxygen atoms in total. The zero-order chi connectivity index (χ0) is 23.8. The Morgan fingerprint density at radius 3 is 1.34 bits per heavy atom. The van der Waals surface area contributed by atoms with Crippen LogP contribution in [0, 0.1) is 13.8 Å². The molecule has 32 heavy (non-hydrogen) atoms. The van der Waals surface area contributed by atoms with Crippen LogP contribution in [0.1, 0.15) is 74.2 Å². The Bertz CT molecular complexity index is 1030. The topological polar surface area (TPSA) is 40.5 Å². The van der Waals surface area contributed by atoms with Crippen molar-refractivity contribution in [1.82, 2.24) is 0 Å². The highest BCUT2D eigenvalue weighted by Crippen LogP contribution is 2.40. The van der Waals surface area contributed by atoms with Gasteiger partial charge in [0.1, 0.15) is 5.75 Å². The van der Waals surface area contributed by atoms with Crippen molar-refractivity contribution in [2.24, 2.45) is 0 Å². The molecule has 3 aromatic carbocycles. The number of benzene rings is 3. The van der Waals surface area contributed by atoms with Gasteiger partial charge in [-0.25, -0.2) is 0 Å². The average Bonchev–Trinajstić information content (AvgIpc) is 2.69. The van der Waals surface area contributed by atoms with Gasteiger partial charge in [0.2, 0.25) is 0 Å². The molecule has 0 fully saturated rings. The third kappa shape index (κ3) is 4.88. The third-order valence-corrected chi connectivity index (χ3v) is 5.76. The van der Waals surface area contributed by atoms with Crippen LogP contribution in [0.15, 0.2) is 60.7 Å². The van der Waals surface area contributed by atoms with Gasteiger partial charge >= 0.3 is 0 Å². The number of hydrogen-bond donors (Lipinski definition) is 1. The van der Waals surface area contributed by atoms with E-state index >= 15 is 0 Å². The molecule has 168 valence electrons. The summed E-state index contributed by atoms with van der Waals surface area (Å²) in [4.78, 5) is 15.8. The van der Waals surface area contributed by atoms with Crippen molar-refractivity contribution in [1.29, 1.82) is 0 Å². The lowest BCUT2D eigenvalue weighted by Gasteiger charge is -2.29. The molecule has 0 saturated carbocycles. The lowest BCUT2D eigenvalue weighted by Crippen LogP contribution is -2.27. The van der Waals surface area contributed by atoms with Crippen LogP contribution < -0.4 is 4.90 Å². The van der Waals surface area contributed by atoms with E-state index in [-0.39, 0.29) is 22.5 Å². The minimum absolute atomic E-state index is 0.117. The van der Waals surface area contributed by atoms with Crippen LogP contribution in [0.4, 0.5) is 11.4 Å². The average molecular weight is 430 g/mol. The molecule has 0 aliphatic carbocycles. The van der Waals surface area contributed by atoms with Crippen LogP contribution in [-0.4, -0.2) is 11.0 Å². The highest BCUT2D eigenvalue weighted by molar-refractivity contribution is 6.11. The third-order valence-electron chi connectivity index (χ3n) is 5.76. The van der Waals surface area contributed by atoms with E-state index in [1.165, 1.54) is 0 Å². The molecule has 0 atom stereocenters. The number of aromatic hydroxyl groups is 1. The van der Waals surface area contributed by atoms with Gasteiger partial charge < -0.3 is 5.11 Å². The summed E-state index contributed by atoms with van der Waals surface area (Å²) in [5.74, 6) is 0.160. The second-order valence-corrected chi connectivity index (χ2v) is 10.7. The van der Waals surface area contributed by atoms with Crippen molar-refractivity contribution < 1.29 is 9.90 Å². The Morgan fingerprint density at radius 1 is 0.688 bits per heavy atom. The predicted molar refractivity (Wildman–Crippen MR) is 134 cm³/mol. The number of carbonyl (C=O) groups is 1. The summed E-state index contributed by atoms with van der Waals surface area (Å²) in [6.07, 6.45) is 0. The number of hydrogen-bond acceptors (Lipinski definition) is 2. The molecule has 0 unspecified atom stereocenters. The van der Waals surface area contributed by atoms with Gasteiger partial charge in [-0.3, -0.25) is 9.69 Å². The maximum absolute atomic E-state index is 14.0. The molecular formula is C29H35NO2. The Morgan fingerprint density at radius 2 is 1.03 bits per heavy atom. The molecule has 0 spiro atoms. The Labute approximate surface area is 192 Å². The van der Waals surface area contributed by atoms with E-state index in [1.807, 2.05) is 74.5 Å². The van der Waals surface area contributed by atoms with E-state index in [9.17, 15) is 9.90 Å². The van der Waals surface area contributed by atoms with Crippen molar-refractivity contribution in [3.05, 3.63) is 88.5 Å². The number of rotatable bonds is 3. The molecule has 1 amide bonds. The minimum Gasteiger partial charge on any atom is -0.507 e. The van der Waals surface area contributed by atoms with Crippen molar-refractivity contribution >= 4 is 17.3 Å². The van der Waals surface area contributed by atoms with E-state index in [1.54, 1.807) is 4.90 Å². The standard InChI is InChI=1S/C29H35NO2/c1-19-9-13-22(14-10-19)30(23-15-11-20(2)12-16-23)27(32)21-17-24(28(3,4)5)26(31)25(18-21)29(6,7)8/h9-18,31H,1-8H3. The number of nitrogens with zero attached hydrogens (tertiary/aromatic N) is 1. The van der Waals surface area contributed by atoms with Gasteiger partial charge in [0.15, 0.2) is 0 Å². The Hall–Kier alpha value is -3.07. The maximum Gasteiger partial charge on any atom is 0.262 e. The molecule has 0 heterocycles. The number of phenolic OH excluding ortho intramolecular Hbond substituents is 1. The number of aryl methyl sites for hydroxylation is 2. The van der Waals surface area contributed by atoms with Gasteiger partial charge in [-0.2, -0.15) is 0 Å². The van der Waals surface area contributed by atoms with E-state index in [0.29, 0.717) is 5.56 Å². The largest absolute Gasteiger partial charge is 0.507 e. The normalized spacial score (nSPS) is 12.0. The second kappa shape index (κ2) is 8.46. The molecule has 0 aromatic heterocycles. The highest BCUT2D eigenvalue weighted by Gasteiger charge is 2.29. The molecule has 0 saturated heterocycles. The van der Waals surface area contributed by atoms with Crippen LogP contribution >= 0.6 is 0 Å². The first kappa shape index (κ1) is 23.6. The molecule has 3 heteroatoms. The number of anilines is 2. The van der Waals surface area contributed by atoms with Crippen LogP contribution in [0.2, 0.25) is 0 Å². The first-order chi connectivity index (χ1) is 14.8. The van der Waals surface area contributed by atoms with Crippen molar-refractivity contribution in [3.8, 4) is 5.75 Å². The summed E-state index contributed by atoms with van der Waals surface area (Å²) >= 11 is 0. The summed E-state index contributed by atoms with van der Waals surface area (Å²) < 4.78 is 0. The fraction of sp³-hybridized carbons (Fsp3) is 0.345. The van der Waals surface area contributed by atoms with Gasteiger partial charge in [-0.15, -0.1) is 0 Å². The quantitative estimate of drug-likeness (QED) is 0.466. The van der Waals surface area contributed by atoms with Crippen molar-refractivity contribution in [2.75, 3.05) is 4.90 Å². The zero-order valence-corrected chi connectivity index (χ0v) is 20.6. The molecule has 3 aromatic rings. The summed E-state index contributed by atoms with van der Waals surface area (Å²) in [6, 6.07) is 19.7. The van der Waals surface area contributed by atoms with Gasteiger partial charge in [0, 0.05) is 28.1 Å². The monoisotopic (exact) mass is 429 g/mol. The fourth-order valence-corrected chi connectivity index (χ4v) is 3.80. The molecule has 0 aliphatic rings. The zero-order valence-electron chi connectivity index (χ0n) is 20.6. The van der Waals surface area contributed by atoms with Gasteiger partial charge in [0.05, 0.1) is 0 Å². The maximum atomic E-state index is 14.0. The first-order valence-electron chi connectivity index (χ1n) is 11.1. The predicted octanol–water partition coefficient (Wildman–Crippen LogP) is 7.58. The van der Waals surface area contributed by atoms with Crippen LogP contribution in [-0.2, 0) is 10.8 Å². The molecule has 0 radical (unpaired) electrons. The van der Waals surface area contributed by atoms with E-state index in [2.05, 4.69) is 41.5 Å². The fourth-order valence-electron chi connectivity index (χ4n) is 3.80. The molecule has 0 bridgehead atoms. The van der Waals surface area contributed by atoms with E-state index < -0.39 is 0 Å². The van der Waals surface area contributed by atoms with Crippen molar-refractivity contribution in [3.63, 3.8) is 0 Å². The Balaban J connectivity index is 2.24. The van der Waals surface area contributed by atoms with Crippen LogP contribution in [0.25, 0.3) is 0 Å². The molecule has 0 aliphatic heterocycles. The van der Waals surface area contributed by atoms with Gasteiger partial charge in [-0.05, 0) is 61.1 Å². The SMILES string of the molecule is Cc1ccc(N(C(=O)c2cc(C(C)(C)C)c(O)c(C(C)(C)C)c2)c2ccc(C)cc2)cc1. The van der Waals surface area contributed by atoms with E-state index in [0.717, 1.165) is 33.6 Å². The minimum atomic E-state index is -0.307. The number of phenols is 1. The molecule has 3 rings (SSSR count). The molecule has 1 N–H and O–H groups in total. The van der Waals surface area contributed by atoms with Crippen molar-refractivity contribution in [2.45, 2.75) is 66.2 Å². The second-order valence-electron chi connectivity index (χ2n) is 10.7. The first-order valence-corrected chi connectivity index (χ1v) is 11.1. The summed E-state index contributed by atoms with van der Waals surface area (Å²) in [7, 11) is 0. The van der Waals surface area contributed by atoms with E-state index in [4.69, 9.17) is 0 Å². The summed E-state index contributed by atoms with van der Waals surface area (Å²) in [6.45, 7) is 16.4. The highest BCUT2D eigenvalue weighted by atomic mass is 16.3. The van der Waals surface area contributed by atoms with Gasteiger partial charge in [-0.1, -0.05) is 76.9 Å². The summed E-state index contributed by atoms with van der Waals surface area (Å²) in [5.41, 5.74) is 5.41. The Kier molecular flexibility index (Phi) is 6.24. The van der Waals surface area contributed by atoms with Crippen LogP contribution in [0.5, 0.6) is 5.75 Å². The van der Waals surface area contributed by atoms with Crippen LogP contribution in [0.3, 0.4) is 0 Å². The molecular weight excluding hydrogens is 394 g/mol. The lowest BCUT2D eigenvalue weighted by molar-refractivity contribution is 0.0999.